The maximum atomic E-state index is 13.0. The van der Waals surface area contributed by atoms with Crippen LogP contribution in [-0.2, 0) is 16.1 Å². The second kappa shape index (κ2) is 6.71. The van der Waals surface area contributed by atoms with Crippen LogP contribution in [0.4, 0.5) is 0 Å². The molecule has 0 N–H and O–H groups in total. The first-order valence-electron chi connectivity index (χ1n) is 9.93. The third-order valence-corrected chi connectivity index (χ3v) is 6.60. The predicted octanol–water partition coefficient (Wildman–Crippen LogP) is 4.55. The standard InChI is InChI=1S/C22H28O4/c1-3-25-20-5-4-18(14(2)23)9-19(20)13-26-21(24)22-10-15-6-16(11-22)8-17(7-15)12-22/h4-5,9,15-17H,3,6-8,10-13H2,1-2H3. The molecule has 0 aromatic heterocycles. The Bertz CT molecular complexity index is 686. The summed E-state index contributed by atoms with van der Waals surface area (Å²) in [5.41, 5.74) is 1.14. The number of carbonyl (C=O) groups is 2. The number of esters is 1. The van der Waals surface area contributed by atoms with Gasteiger partial charge in [0.2, 0.25) is 0 Å². The lowest BCUT2D eigenvalue weighted by molar-refractivity contribution is -0.173. The Morgan fingerprint density at radius 2 is 1.69 bits per heavy atom. The van der Waals surface area contributed by atoms with Gasteiger partial charge in [-0.25, -0.2) is 0 Å². The Kier molecular flexibility index (Phi) is 4.54. The number of carbonyl (C=O) groups excluding carboxylic acids is 2. The summed E-state index contributed by atoms with van der Waals surface area (Å²) in [6.45, 7) is 4.18. The van der Waals surface area contributed by atoms with Gasteiger partial charge in [-0.3, -0.25) is 9.59 Å². The van der Waals surface area contributed by atoms with Gasteiger partial charge in [-0.15, -0.1) is 0 Å². The molecule has 140 valence electrons. The number of hydrogen-bond donors (Lipinski definition) is 0. The maximum Gasteiger partial charge on any atom is 0.312 e. The summed E-state index contributed by atoms with van der Waals surface area (Å²) < 4.78 is 11.5. The zero-order valence-electron chi connectivity index (χ0n) is 15.8. The average molecular weight is 356 g/mol. The van der Waals surface area contributed by atoms with Crippen molar-refractivity contribution in [3.05, 3.63) is 29.3 Å². The molecule has 4 saturated carbocycles. The SMILES string of the molecule is CCOc1ccc(C(C)=O)cc1COC(=O)C12CC3CC(CC(C3)C1)C2. The summed E-state index contributed by atoms with van der Waals surface area (Å²) in [6, 6.07) is 5.35. The Balaban J connectivity index is 1.49. The van der Waals surface area contributed by atoms with Gasteiger partial charge < -0.3 is 9.47 Å². The van der Waals surface area contributed by atoms with Crippen molar-refractivity contribution >= 4 is 11.8 Å². The highest BCUT2D eigenvalue weighted by Gasteiger charge is 2.55. The minimum atomic E-state index is -0.251. The monoisotopic (exact) mass is 356 g/mol. The van der Waals surface area contributed by atoms with Crippen LogP contribution in [0, 0.1) is 23.2 Å². The zero-order valence-corrected chi connectivity index (χ0v) is 15.8. The first kappa shape index (κ1) is 17.6. The summed E-state index contributed by atoms with van der Waals surface area (Å²) >= 11 is 0. The number of Topliss-reactive ketones (excluding diaryl/α,β-unsaturated/α-hetero) is 1. The van der Waals surface area contributed by atoms with E-state index in [-0.39, 0.29) is 23.8 Å². The molecule has 4 bridgehead atoms. The third kappa shape index (κ3) is 3.15. The Labute approximate surface area is 155 Å². The van der Waals surface area contributed by atoms with Gasteiger partial charge in [0.15, 0.2) is 5.78 Å². The van der Waals surface area contributed by atoms with Crippen molar-refractivity contribution in [3.8, 4) is 5.75 Å². The summed E-state index contributed by atoms with van der Waals surface area (Å²) in [4.78, 5) is 24.7. The molecule has 0 saturated heterocycles. The number of rotatable bonds is 6. The third-order valence-electron chi connectivity index (χ3n) is 6.60. The van der Waals surface area contributed by atoms with Crippen molar-refractivity contribution < 1.29 is 19.1 Å². The van der Waals surface area contributed by atoms with Crippen LogP contribution in [0.3, 0.4) is 0 Å². The summed E-state index contributed by atoms with van der Waals surface area (Å²) in [7, 11) is 0. The highest BCUT2D eigenvalue weighted by atomic mass is 16.5. The smallest absolute Gasteiger partial charge is 0.312 e. The van der Waals surface area contributed by atoms with Crippen molar-refractivity contribution in [2.75, 3.05) is 6.61 Å². The van der Waals surface area contributed by atoms with Gasteiger partial charge in [0.1, 0.15) is 12.4 Å². The van der Waals surface area contributed by atoms with Crippen molar-refractivity contribution in [1.82, 2.24) is 0 Å². The lowest BCUT2D eigenvalue weighted by Crippen LogP contribution is -2.50. The van der Waals surface area contributed by atoms with Crippen LogP contribution < -0.4 is 4.74 Å². The van der Waals surface area contributed by atoms with Gasteiger partial charge in [0.25, 0.3) is 0 Å². The molecule has 0 amide bonds. The number of ketones is 1. The fraction of sp³-hybridized carbons (Fsp3) is 0.636. The van der Waals surface area contributed by atoms with Crippen molar-refractivity contribution in [2.45, 2.75) is 59.0 Å². The van der Waals surface area contributed by atoms with Gasteiger partial charge in [-0.05, 0) is 88.3 Å². The molecule has 0 heterocycles. The van der Waals surface area contributed by atoms with E-state index >= 15 is 0 Å². The largest absolute Gasteiger partial charge is 0.493 e. The minimum Gasteiger partial charge on any atom is -0.493 e. The predicted molar refractivity (Wildman–Crippen MR) is 98.0 cm³/mol. The fourth-order valence-corrected chi connectivity index (χ4v) is 5.86. The molecule has 4 aliphatic rings. The van der Waals surface area contributed by atoms with Crippen LogP contribution in [0.25, 0.3) is 0 Å². The van der Waals surface area contributed by atoms with Gasteiger partial charge in [-0.2, -0.15) is 0 Å². The Morgan fingerprint density at radius 1 is 1.08 bits per heavy atom. The second-order valence-corrected chi connectivity index (χ2v) is 8.59. The van der Waals surface area contributed by atoms with Crippen molar-refractivity contribution in [1.29, 1.82) is 0 Å². The highest BCUT2D eigenvalue weighted by molar-refractivity contribution is 5.94. The van der Waals surface area contributed by atoms with Gasteiger partial charge in [0, 0.05) is 11.1 Å². The fourth-order valence-electron chi connectivity index (χ4n) is 5.86. The average Bonchev–Trinajstić information content (AvgIpc) is 2.59. The lowest BCUT2D eigenvalue weighted by Gasteiger charge is -2.55. The Hall–Kier alpha value is -1.84. The minimum absolute atomic E-state index is 0.00158. The van der Waals surface area contributed by atoms with Gasteiger partial charge in [-0.1, -0.05) is 0 Å². The molecular formula is C22H28O4. The van der Waals surface area contributed by atoms with Crippen LogP contribution in [0.5, 0.6) is 5.75 Å². The topological polar surface area (TPSA) is 52.6 Å². The Morgan fingerprint density at radius 3 is 2.23 bits per heavy atom. The number of benzene rings is 1. The first-order valence-corrected chi connectivity index (χ1v) is 9.93. The van der Waals surface area contributed by atoms with Gasteiger partial charge in [0.05, 0.1) is 12.0 Å². The maximum absolute atomic E-state index is 13.0. The molecule has 4 nitrogen and oxygen atoms in total. The van der Waals surface area contributed by atoms with Crippen LogP contribution in [0.1, 0.15) is 68.3 Å². The molecule has 1 aromatic carbocycles. The first-order chi connectivity index (χ1) is 12.5. The van der Waals surface area contributed by atoms with Crippen LogP contribution in [0.2, 0.25) is 0 Å². The van der Waals surface area contributed by atoms with E-state index in [1.54, 1.807) is 25.1 Å². The van der Waals surface area contributed by atoms with E-state index in [0.29, 0.717) is 35.7 Å². The summed E-state index contributed by atoms with van der Waals surface area (Å²) in [5, 5.41) is 0. The number of hydrogen-bond acceptors (Lipinski definition) is 4. The van der Waals surface area contributed by atoms with Crippen molar-refractivity contribution in [3.63, 3.8) is 0 Å². The normalized spacial score (nSPS) is 31.7. The molecule has 0 aliphatic heterocycles. The van der Waals surface area contributed by atoms with Crippen molar-refractivity contribution in [2.24, 2.45) is 23.2 Å². The van der Waals surface area contributed by atoms with Gasteiger partial charge >= 0.3 is 5.97 Å². The molecular weight excluding hydrogens is 328 g/mol. The summed E-state index contributed by atoms with van der Waals surface area (Å²) in [6.07, 6.45) is 6.93. The van der Waals surface area contributed by atoms with E-state index in [4.69, 9.17) is 9.47 Å². The van der Waals surface area contributed by atoms with E-state index in [0.717, 1.165) is 24.8 Å². The molecule has 0 atom stereocenters. The van der Waals surface area contributed by atoms with E-state index < -0.39 is 0 Å². The molecule has 1 aromatic rings. The second-order valence-electron chi connectivity index (χ2n) is 8.59. The zero-order chi connectivity index (χ0) is 18.3. The van der Waals surface area contributed by atoms with Crippen LogP contribution >= 0.6 is 0 Å². The van der Waals surface area contributed by atoms with Crippen LogP contribution in [0.15, 0.2) is 18.2 Å². The quantitative estimate of drug-likeness (QED) is 0.554. The molecule has 5 rings (SSSR count). The van der Waals surface area contributed by atoms with E-state index in [2.05, 4.69) is 0 Å². The van der Waals surface area contributed by atoms with E-state index in [1.165, 1.54) is 19.3 Å². The molecule has 0 radical (unpaired) electrons. The molecule has 4 fully saturated rings. The molecule has 26 heavy (non-hydrogen) atoms. The lowest BCUT2D eigenvalue weighted by atomic mass is 9.49. The van der Waals surface area contributed by atoms with E-state index in [1.807, 2.05) is 6.92 Å². The molecule has 4 heteroatoms. The molecule has 0 spiro atoms. The highest BCUT2D eigenvalue weighted by Crippen LogP contribution is 2.60. The van der Waals surface area contributed by atoms with E-state index in [9.17, 15) is 9.59 Å². The molecule has 0 unspecified atom stereocenters. The van der Waals surface area contributed by atoms with Crippen LogP contribution in [-0.4, -0.2) is 18.4 Å². The summed E-state index contributed by atoms with van der Waals surface area (Å²) in [5.74, 6) is 2.81. The molecule has 4 aliphatic carbocycles. The number of ether oxygens (including phenoxy) is 2.